The minimum Gasteiger partial charge on any atom is -0.450 e. The fourth-order valence-electron chi connectivity index (χ4n) is 3.16. The molecule has 0 saturated carbocycles. The van der Waals surface area contributed by atoms with E-state index in [1.54, 1.807) is 31.3 Å². The van der Waals surface area contributed by atoms with Crippen molar-refractivity contribution in [2.75, 3.05) is 24.6 Å². The van der Waals surface area contributed by atoms with Crippen LogP contribution in [0.1, 0.15) is 19.8 Å². The second kappa shape index (κ2) is 7.33. The van der Waals surface area contributed by atoms with Crippen LogP contribution in [0.4, 0.5) is 16.2 Å². The number of carbonyl (C=O) groups excluding carboxylic acids is 1. The van der Waals surface area contributed by atoms with E-state index in [4.69, 9.17) is 4.74 Å². The van der Waals surface area contributed by atoms with Crippen LogP contribution in [0.3, 0.4) is 0 Å². The van der Waals surface area contributed by atoms with Crippen LogP contribution in [0.2, 0.25) is 0 Å². The first-order valence-corrected chi connectivity index (χ1v) is 8.30. The van der Waals surface area contributed by atoms with Crippen molar-refractivity contribution >= 4 is 28.4 Å². The van der Waals surface area contributed by atoms with Gasteiger partial charge in [0, 0.05) is 31.4 Å². The van der Waals surface area contributed by atoms with Gasteiger partial charge in [0.1, 0.15) is 5.52 Å². The van der Waals surface area contributed by atoms with Crippen molar-refractivity contribution in [1.29, 1.82) is 0 Å². The second-order valence-electron chi connectivity index (χ2n) is 5.89. The number of pyridine rings is 1. The Bertz CT molecular complexity index is 787. The van der Waals surface area contributed by atoms with Crippen LogP contribution in [-0.2, 0) is 4.74 Å². The molecule has 2 heterocycles. The molecular formula is C17H20N4O4. The fourth-order valence-corrected chi connectivity index (χ4v) is 3.16. The molecule has 25 heavy (non-hydrogen) atoms. The van der Waals surface area contributed by atoms with E-state index in [1.807, 2.05) is 0 Å². The molecule has 0 bridgehead atoms. The molecule has 0 radical (unpaired) electrons. The number of benzene rings is 1. The molecule has 1 aliphatic rings. The van der Waals surface area contributed by atoms with E-state index in [1.165, 1.54) is 6.07 Å². The molecule has 132 valence electrons. The third-order valence-corrected chi connectivity index (χ3v) is 4.36. The van der Waals surface area contributed by atoms with Gasteiger partial charge < -0.3 is 15.0 Å². The van der Waals surface area contributed by atoms with E-state index in [9.17, 15) is 14.9 Å². The van der Waals surface area contributed by atoms with Gasteiger partial charge in [-0.3, -0.25) is 15.1 Å². The van der Waals surface area contributed by atoms with Crippen LogP contribution in [0.5, 0.6) is 0 Å². The van der Waals surface area contributed by atoms with Crippen molar-refractivity contribution in [3.63, 3.8) is 0 Å². The first-order valence-electron chi connectivity index (χ1n) is 8.30. The molecule has 1 saturated heterocycles. The van der Waals surface area contributed by atoms with Crippen LogP contribution in [0, 0.1) is 10.1 Å². The van der Waals surface area contributed by atoms with E-state index in [-0.39, 0.29) is 22.7 Å². The molecule has 8 heteroatoms. The molecule has 1 amide bonds. The van der Waals surface area contributed by atoms with Gasteiger partial charge in [-0.2, -0.15) is 0 Å². The Kier molecular flexibility index (Phi) is 4.97. The average Bonchev–Trinajstić information content (AvgIpc) is 2.61. The standard InChI is InChI=1S/C17H20N4O4/c1-2-25-17(22)19-12-7-10-20(11-8-12)15-6-5-14(21(23)24)13-4-3-9-18-16(13)15/h3-6,9,12H,2,7-8,10-11H2,1H3,(H,19,22). The Hall–Kier alpha value is -2.90. The molecule has 0 unspecified atom stereocenters. The highest BCUT2D eigenvalue weighted by Crippen LogP contribution is 2.33. The van der Waals surface area contributed by atoms with Gasteiger partial charge in [0.2, 0.25) is 0 Å². The van der Waals surface area contributed by atoms with Crippen LogP contribution >= 0.6 is 0 Å². The summed E-state index contributed by atoms with van der Waals surface area (Å²) in [5, 5.41) is 14.6. The average molecular weight is 344 g/mol. The predicted octanol–water partition coefficient (Wildman–Crippen LogP) is 2.86. The van der Waals surface area contributed by atoms with E-state index in [2.05, 4.69) is 15.2 Å². The molecule has 1 aromatic heterocycles. The maximum atomic E-state index is 11.5. The quantitative estimate of drug-likeness (QED) is 0.676. The molecule has 1 aromatic carbocycles. The van der Waals surface area contributed by atoms with E-state index in [0.29, 0.717) is 17.5 Å². The van der Waals surface area contributed by atoms with Crippen LogP contribution < -0.4 is 10.2 Å². The maximum Gasteiger partial charge on any atom is 0.407 e. The van der Waals surface area contributed by atoms with Gasteiger partial charge in [-0.25, -0.2) is 4.79 Å². The maximum absolute atomic E-state index is 11.5. The van der Waals surface area contributed by atoms with Gasteiger partial charge in [-0.05, 0) is 38.0 Å². The summed E-state index contributed by atoms with van der Waals surface area (Å²) >= 11 is 0. The normalized spacial score (nSPS) is 15.2. The van der Waals surface area contributed by atoms with Crippen molar-refractivity contribution in [2.24, 2.45) is 0 Å². The van der Waals surface area contributed by atoms with Crippen molar-refractivity contribution < 1.29 is 14.5 Å². The van der Waals surface area contributed by atoms with Gasteiger partial charge in [0.15, 0.2) is 0 Å². The molecule has 0 atom stereocenters. The summed E-state index contributed by atoms with van der Waals surface area (Å²) in [5.41, 5.74) is 1.58. The fraction of sp³-hybridized carbons (Fsp3) is 0.412. The Balaban J connectivity index is 1.77. The lowest BCUT2D eigenvalue weighted by Gasteiger charge is -2.34. The molecule has 0 spiro atoms. The number of nitrogens with one attached hydrogen (secondary N) is 1. The Morgan fingerprint density at radius 3 is 2.84 bits per heavy atom. The van der Waals surface area contributed by atoms with E-state index < -0.39 is 0 Å². The van der Waals surface area contributed by atoms with Gasteiger partial charge in [0.05, 0.1) is 22.6 Å². The van der Waals surface area contributed by atoms with Crippen molar-refractivity contribution in [3.05, 3.63) is 40.6 Å². The Morgan fingerprint density at radius 1 is 1.40 bits per heavy atom. The molecular weight excluding hydrogens is 324 g/mol. The lowest BCUT2D eigenvalue weighted by atomic mass is 10.0. The minimum absolute atomic E-state index is 0.0608. The Labute approximate surface area is 144 Å². The van der Waals surface area contributed by atoms with Gasteiger partial charge in [-0.1, -0.05) is 0 Å². The number of carbonyl (C=O) groups is 1. The highest BCUT2D eigenvalue weighted by atomic mass is 16.6. The van der Waals surface area contributed by atoms with Crippen LogP contribution in [-0.4, -0.2) is 41.7 Å². The van der Waals surface area contributed by atoms with Crippen molar-refractivity contribution in [1.82, 2.24) is 10.3 Å². The largest absolute Gasteiger partial charge is 0.450 e. The first-order chi connectivity index (χ1) is 12.1. The van der Waals surface area contributed by atoms with Gasteiger partial charge in [-0.15, -0.1) is 0 Å². The monoisotopic (exact) mass is 344 g/mol. The lowest BCUT2D eigenvalue weighted by Crippen LogP contribution is -2.45. The number of rotatable bonds is 4. The van der Waals surface area contributed by atoms with Crippen molar-refractivity contribution in [2.45, 2.75) is 25.8 Å². The number of non-ortho nitro benzene ring substituents is 1. The molecule has 2 aromatic rings. The second-order valence-corrected chi connectivity index (χ2v) is 5.89. The minimum atomic E-state index is -0.386. The lowest BCUT2D eigenvalue weighted by molar-refractivity contribution is -0.383. The summed E-state index contributed by atoms with van der Waals surface area (Å²) in [6.07, 6.45) is 2.82. The van der Waals surface area contributed by atoms with E-state index in [0.717, 1.165) is 31.6 Å². The van der Waals surface area contributed by atoms with Gasteiger partial charge >= 0.3 is 6.09 Å². The number of nitro benzene ring substituents is 1. The predicted molar refractivity (Wildman–Crippen MR) is 93.8 cm³/mol. The third kappa shape index (κ3) is 3.62. The number of hydrogen-bond acceptors (Lipinski definition) is 6. The number of alkyl carbamates (subject to hydrolysis) is 1. The number of amides is 1. The number of fused-ring (bicyclic) bond motifs is 1. The van der Waals surface area contributed by atoms with Crippen LogP contribution in [0.15, 0.2) is 30.5 Å². The number of ether oxygens (including phenoxy) is 1. The number of nitro groups is 1. The topological polar surface area (TPSA) is 97.6 Å². The zero-order valence-electron chi connectivity index (χ0n) is 14.0. The van der Waals surface area contributed by atoms with Crippen LogP contribution in [0.25, 0.3) is 10.9 Å². The summed E-state index contributed by atoms with van der Waals surface area (Å²) in [6, 6.07) is 6.79. The number of hydrogen-bond donors (Lipinski definition) is 1. The summed E-state index contributed by atoms with van der Waals surface area (Å²) in [5.74, 6) is 0. The number of piperidine rings is 1. The molecule has 3 rings (SSSR count). The highest BCUT2D eigenvalue weighted by Gasteiger charge is 2.24. The first kappa shape index (κ1) is 16.9. The summed E-state index contributed by atoms with van der Waals surface area (Å²) < 4.78 is 4.91. The third-order valence-electron chi connectivity index (χ3n) is 4.36. The number of nitrogens with zero attached hydrogens (tertiary/aromatic N) is 3. The molecule has 1 N–H and O–H groups in total. The summed E-state index contributed by atoms with van der Waals surface area (Å²) in [7, 11) is 0. The molecule has 0 aliphatic carbocycles. The molecule has 8 nitrogen and oxygen atoms in total. The van der Waals surface area contributed by atoms with E-state index >= 15 is 0 Å². The van der Waals surface area contributed by atoms with Crippen molar-refractivity contribution in [3.8, 4) is 0 Å². The molecule has 1 aliphatic heterocycles. The SMILES string of the molecule is CCOC(=O)NC1CCN(c2ccc([N+](=O)[O-])c3cccnc23)CC1. The number of aromatic nitrogens is 1. The molecule has 1 fully saturated rings. The zero-order valence-corrected chi connectivity index (χ0v) is 14.0. The Morgan fingerprint density at radius 2 is 2.16 bits per heavy atom. The summed E-state index contributed by atoms with van der Waals surface area (Å²) in [6.45, 7) is 3.60. The van der Waals surface area contributed by atoms with Gasteiger partial charge in [0.25, 0.3) is 5.69 Å². The summed E-state index contributed by atoms with van der Waals surface area (Å²) in [4.78, 5) is 28.9. The zero-order chi connectivity index (χ0) is 17.8. The highest BCUT2D eigenvalue weighted by molar-refractivity contribution is 5.97. The number of anilines is 1. The smallest absolute Gasteiger partial charge is 0.407 e.